The minimum atomic E-state index is -2.52. The van der Waals surface area contributed by atoms with E-state index in [4.69, 9.17) is 11.6 Å². The van der Waals surface area contributed by atoms with Gasteiger partial charge in [-0.1, -0.05) is 18.5 Å². The average Bonchev–Trinajstić information content (AvgIpc) is 2.05. The summed E-state index contributed by atoms with van der Waals surface area (Å²) < 4.78 is 24.2. The van der Waals surface area contributed by atoms with Crippen LogP contribution in [0.3, 0.4) is 0 Å². The second-order valence-electron chi connectivity index (χ2n) is 2.35. The monoisotopic (exact) mass is 191 g/mol. The minimum Gasteiger partial charge on any atom is -0.254 e. The first kappa shape index (κ1) is 9.39. The number of nitrogens with zero attached hydrogens (tertiary/aromatic N) is 1. The van der Waals surface area contributed by atoms with Crippen molar-refractivity contribution in [2.24, 2.45) is 0 Å². The molecule has 0 aliphatic rings. The number of aromatic nitrogens is 1. The Morgan fingerprint density at radius 2 is 2.25 bits per heavy atom. The van der Waals surface area contributed by atoms with Gasteiger partial charge in [0, 0.05) is 6.20 Å². The maximum absolute atomic E-state index is 12.1. The molecule has 1 heterocycles. The summed E-state index contributed by atoms with van der Waals surface area (Å²) >= 11 is 5.69. The smallest absolute Gasteiger partial charge is 0.254 e. The number of alkyl halides is 2. The molecular formula is C8H8ClF2N. The maximum Gasteiger partial charge on any atom is 0.280 e. The number of hydrogen-bond acceptors (Lipinski definition) is 1. The van der Waals surface area contributed by atoms with Gasteiger partial charge in [-0.2, -0.15) is 0 Å². The van der Waals surface area contributed by atoms with Crippen LogP contribution in [0.4, 0.5) is 8.78 Å². The Bertz CT molecular complexity index is 276. The van der Waals surface area contributed by atoms with Crippen LogP contribution >= 0.6 is 11.6 Å². The lowest BCUT2D eigenvalue weighted by Crippen LogP contribution is -1.93. The lowest BCUT2D eigenvalue weighted by molar-refractivity contribution is 0.146. The lowest BCUT2D eigenvalue weighted by atomic mass is 10.2. The number of pyridine rings is 1. The zero-order chi connectivity index (χ0) is 9.14. The van der Waals surface area contributed by atoms with E-state index in [1.54, 1.807) is 0 Å². The number of hydrogen-bond donors (Lipinski definition) is 0. The quantitative estimate of drug-likeness (QED) is 0.700. The van der Waals surface area contributed by atoms with Crippen LogP contribution < -0.4 is 0 Å². The van der Waals surface area contributed by atoms with Crippen LogP contribution in [0.2, 0.25) is 5.02 Å². The molecule has 0 saturated heterocycles. The summed E-state index contributed by atoms with van der Waals surface area (Å²) in [7, 11) is 0. The van der Waals surface area contributed by atoms with E-state index in [-0.39, 0.29) is 5.69 Å². The van der Waals surface area contributed by atoms with Crippen molar-refractivity contribution < 1.29 is 8.78 Å². The summed E-state index contributed by atoms with van der Waals surface area (Å²) in [5, 5.41) is 0.446. The topological polar surface area (TPSA) is 12.9 Å². The maximum atomic E-state index is 12.1. The Labute approximate surface area is 74.4 Å². The van der Waals surface area contributed by atoms with Crippen LogP contribution in [-0.2, 0) is 6.42 Å². The van der Waals surface area contributed by atoms with Gasteiger partial charge in [-0.25, -0.2) is 8.78 Å². The van der Waals surface area contributed by atoms with Crippen molar-refractivity contribution in [1.82, 2.24) is 4.98 Å². The third-order valence-electron chi connectivity index (χ3n) is 1.56. The van der Waals surface area contributed by atoms with Gasteiger partial charge in [-0.15, -0.1) is 0 Å². The first-order valence-electron chi connectivity index (χ1n) is 3.57. The Balaban J connectivity index is 3.05. The molecule has 12 heavy (non-hydrogen) atoms. The van der Waals surface area contributed by atoms with Crippen molar-refractivity contribution in [3.8, 4) is 0 Å². The fourth-order valence-corrected chi connectivity index (χ4v) is 1.13. The SMILES string of the molecule is CCc1cc(C(F)F)ncc1Cl. The molecule has 0 atom stereocenters. The van der Waals surface area contributed by atoms with Crippen LogP contribution in [0, 0.1) is 0 Å². The van der Waals surface area contributed by atoms with Gasteiger partial charge in [0.05, 0.1) is 5.02 Å². The predicted molar refractivity (Wildman–Crippen MR) is 43.6 cm³/mol. The summed E-state index contributed by atoms with van der Waals surface area (Å²) in [5.41, 5.74) is 0.498. The highest BCUT2D eigenvalue weighted by molar-refractivity contribution is 6.31. The second-order valence-corrected chi connectivity index (χ2v) is 2.76. The van der Waals surface area contributed by atoms with Gasteiger partial charge in [0.25, 0.3) is 6.43 Å². The standard InChI is InChI=1S/C8H8ClF2N/c1-2-5-3-7(8(10)11)12-4-6(5)9/h3-4,8H,2H2,1H3. The molecule has 0 radical (unpaired) electrons. The van der Waals surface area contributed by atoms with Crippen molar-refractivity contribution >= 4 is 11.6 Å². The van der Waals surface area contributed by atoms with Gasteiger partial charge in [-0.05, 0) is 18.1 Å². The highest BCUT2D eigenvalue weighted by atomic mass is 35.5. The van der Waals surface area contributed by atoms with E-state index in [1.807, 2.05) is 6.92 Å². The number of rotatable bonds is 2. The zero-order valence-electron chi connectivity index (χ0n) is 6.52. The van der Waals surface area contributed by atoms with Gasteiger partial charge >= 0.3 is 0 Å². The molecule has 0 aliphatic heterocycles. The largest absolute Gasteiger partial charge is 0.280 e. The summed E-state index contributed by atoms with van der Waals surface area (Å²) in [6.45, 7) is 1.86. The Hall–Kier alpha value is -0.700. The van der Waals surface area contributed by atoms with Crippen molar-refractivity contribution in [1.29, 1.82) is 0 Å². The lowest BCUT2D eigenvalue weighted by Gasteiger charge is -2.03. The molecule has 0 unspecified atom stereocenters. The molecule has 0 aromatic carbocycles. The molecule has 0 aliphatic carbocycles. The Morgan fingerprint density at radius 3 is 2.75 bits per heavy atom. The highest BCUT2D eigenvalue weighted by Gasteiger charge is 2.10. The van der Waals surface area contributed by atoms with E-state index in [9.17, 15) is 8.78 Å². The van der Waals surface area contributed by atoms with Gasteiger partial charge in [0.2, 0.25) is 0 Å². The van der Waals surface area contributed by atoms with E-state index in [0.717, 1.165) is 0 Å². The molecule has 0 saturated carbocycles. The summed E-state index contributed by atoms with van der Waals surface area (Å²) in [6.07, 6.45) is -0.615. The molecule has 4 heteroatoms. The van der Waals surface area contributed by atoms with Crippen LogP contribution in [0.15, 0.2) is 12.3 Å². The predicted octanol–water partition coefficient (Wildman–Crippen LogP) is 3.24. The van der Waals surface area contributed by atoms with E-state index in [1.165, 1.54) is 12.3 Å². The molecule has 66 valence electrons. The third kappa shape index (κ3) is 1.91. The van der Waals surface area contributed by atoms with Gasteiger partial charge < -0.3 is 0 Å². The fraction of sp³-hybridized carbons (Fsp3) is 0.375. The van der Waals surface area contributed by atoms with Crippen LogP contribution in [-0.4, -0.2) is 4.98 Å². The third-order valence-corrected chi connectivity index (χ3v) is 1.90. The molecule has 1 rings (SSSR count). The van der Waals surface area contributed by atoms with E-state index in [2.05, 4.69) is 4.98 Å². The Kier molecular flexibility index (Phi) is 2.98. The van der Waals surface area contributed by atoms with Gasteiger partial charge in [0.1, 0.15) is 5.69 Å². The van der Waals surface area contributed by atoms with Gasteiger partial charge in [-0.3, -0.25) is 4.98 Å². The van der Waals surface area contributed by atoms with Gasteiger partial charge in [0.15, 0.2) is 0 Å². The molecule has 1 aromatic heterocycles. The summed E-state index contributed by atoms with van der Waals surface area (Å²) in [5.74, 6) is 0. The fourth-order valence-electron chi connectivity index (χ4n) is 0.889. The van der Waals surface area contributed by atoms with Crippen LogP contribution in [0.5, 0.6) is 0 Å². The molecule has 1 aromatic rings. The second kappa shape index (κ2) is 3.81. The normalized spacial score (nSPS) is 10.8. The van der Waals surface area contributed by atoms with E-state index in [0.29, 0.717) is 17.0 Å². The zero-order valence-corrected chi connectivity index (χ0v) is 7.28. The van der Waals surface area contributed by atoms with E-state index >= 15 is 0 Å². The van der Waals surface area contributed by atoms with E-state index < -0.39 is 6.43 Å². The summed E-state index contributed by atoms with van der Waals surface area (Å²) in [6, 6.07) is 1.34. The van der Waals surface area contributed by atoms with Crippen molar-refractivity contribution in [2.75, 3.05) is 0 Å². The molecular weight excluding hydrogens is 184 g/mol. The van der Waals surface area contributed by atoms with Crippen LogP contribution in [0.1, 0.15) is 24.6 Å². The molecule has 1 nitrogen and oxygen atoms in total. The highest BCUT2D eigenvalue weighted by Crippen LogP contribution is 2.22. The first-order valence-corrected chi connectivity index (χ1v) is 3.95. The van der Waals surface area contributed by atoms with Crippen molar-refractivity contribution in [3.63, 3.8) is 0 Å². The average molecular weight is 192 g/mol. The Morgan fingerprint density at radius 1 is 1.58 bits per heavy atom. The first-order chi connectivity index (χ1) is 5.65. The molecule has 0 fully saturated rings. The minimum absolute atomic E-state index is 0.212. The summed E-state index contributed by atoms with van der Waals surface area (Å²) in [4.78, 5) is 3.50. The van der Waals surface area contributed by atoms with Crippen molar-refractivity contribution in [2.45, 2.75) is 19.8 Å². The number of halogens is 3. The van der Waals surface area contributed by atoms with Crippen LogP contribution in [0.25, 0.3) is 0 Å². The molecule has 0 N–H and O–H groups in total. The molecule has 0 bridgehead atoms. The molecule has 0 amide bonds. The van der Waals surface area contributed by atoms with Crippen molar-refractivity contribution in [3.05, 3.63) is 28.5 Å². The number of aryl methyl sites for hydroxylation is 1. The molecule has 0 spiro atoms.